The average molecular weight is 834 g/mol. The van der Waals surface area contributed by atoms with Gasteiger partial charge in [0.1, 0.15) is 11.3 Å². The van der Waals surface area contributed by atoms with Crippen LogP contribution in [0.15, 0.2) is 71.5 Å². The van der Waals surface area contributed by atoms with Crippen LogP contribution in [0.2, 0.25) is 0 Å². The van der Waals surface area contributed by atoms with Crippen LogP contribution >= 0.6 is 0 Å². The van der Waals surface area contributed by atoms with E-state index < -0.39 is 0 Å². The molecule has 8 rings (SSSR count). The molecular formula is C53H95N5O2. The molecule has 1 saturated carbocycles. The Labute approximate surface area is 371 Å². The Morgan fingerprint density at radius 3 is 1.63 bits per heavy atom. The van der Waals surface area contributed by atoms with E-state index in [9.17, 15) is 0 Å². The number of rotatable bonds is 6. The minimum Gasteiger partial charge on any atom is -0.378 e. The van der Waals surface area contributed by atoms with Crippen molar-refractivity contribution in [1.29, 1.82) is 0 Å². The van der Waals surface area contributed by atoms with Crippen LogP contribution in [-0.4, -0.2) is 56.1 Å². The lowest BCUT2D eigenvalue weighted by Gasteiger charge is -2.29. The molecular weight excluding hydrogens is 739 g/mol. The Bertz CT molecular complexity index is 1680. The van der Waals surface area contributed by atoms with E-state index in [0.717, 1.165) is 47.1 Å². The number of pyridine rings is 1. The average Bonchev–Trinajstić information content (AvgIpc) is 3.91. The number of hydrogen-bond acceptors (Lipinski definition) is 5. The summed E-state index contributed by atoms with van der Waals surface area (Å²) >= 11 is 0. The monoisotopic (exact) mass is 834 g/mol. The highest BCUT2D eigenvalue weighted by Crippen LogP contribution is 2.32. The lowest BCUT2D eigenvalue weighted by Crippen LogP contribution is -2.31. The maximum absolute atomic E-state index is 5.23. The van der Waals surface area contributed by atoms with Crippen molar-refractivity contribution in [1.82, 2.24) is 24.2 Å². The molecule has 1 aromatic carbocycles. The van der Waals surface area contributed by atoms with Gasteiger partial charge in [-0.3, -0.25) is 0 Å². The third kappa shape index (κ3) is 18.3. The summed E-state index contributed by atoms with van der Waals surface area (Å²) in [6.07, 6.45) is 13.1. The quantitative estimate of drug-likeness (QED) is 0.171. The SMILES string of the molecule is C.C.C.C.CC(C)C1CCC1.CC(C)C1CCO1.CC(C)N1CCCC1.CC(C)c1cnn2ccccc12.CC(C)c1onc2ccccc12.Cc1ccc(C(C)C)n1C. The summed E-state index contributed by atoms with van der Waals surface area (Å²) in [4.78, 5) is 2.53. The molecule has 2 saturated heterocycles. The molecule has 4 aromatic heterocycles. The molecule has 1 unspecified atom stereocenters. The van der Waals surface area contributed by atoms with Crippen molar-refractivity contribution >= 4 is 16.4 Å². The molecule has 6 heterocycles. The molecule has 60 heavy (non-hydrogen) atoms. The number of ether oxygens (including phenoxy) is 1. The van der Waals surface area contributed by atoms with Crippen LogP contribution in [0.25, 0.3) is 16.4 Å². The van der Waals surface area contributed by atoms with E-state index in [1.54, 1.807) is 0 Å². The van der Waals surface area contributed by atoms with E-state index in [2.05, 4.69) is 135 Å². The summed E-state index contributed by atoms with van der Waals surface area (Å²) in [5.41, 5.74) is 6.23. The topological polar surface area (TPSA) is 60.7 Å². The molecule has 7 nitrogen and oxygen atoms in total. The molecule has 0 N–H and O–H groups in total. The number of aromatic nitrogens is 4. The van der Waals surface area contributed by atoms with E-state index >= 15 is 0 Å². The molecule has 0 bridgehead atoms. The first-order chi connectivity index (χ1) is 26.6. The van der Waals surface area contributed by atoms with Crippen LogP contribution in [0.3, 0.4) is 0 Å². The van der Waals surface area contributed by atoms with E-state index in [1.165, 1.54) is 74.1 Å². The van der Waals surface area contributed by atoms with Gasteiger partial charge in [-0.05, 0) is 119 Å². The Hall–Kier alpha value is -3.42. The van der Waals surface area contributed by atoms with Crippen LogP contribution in [0.1, 0.15) is 192 Å². The standard InChI is InChI=1S/C10H12N2.C10H11NO.C9H15N.C7H15N.C7H14.C6H12O.4CH4/c1-8(2)9-7-11-12-6-4-3-5-10(9)12;1-7(2)10-8-5-3-4-6-9(8)11-12-10;1-7(2)9-6-5-8(3)10(9)4;1-7(2)8-5-3-4-6-8;1-6(2)7-4-3-5-7;1-5(2)6-3-4-7-6;;;;/h3-8H,1-2H3;3-7H,1-2H3;5-7H,1-4H3;7H,3-6H2,1-2H3;6-7H,3-5H2,1-2H3;5-6H,3-4H2,1-2H3;4*1H4. The van der Waals surface area contributed by atoms with Gasteiger partial charge in [-0.15, -0.1) is 0 Å². The summed E-state index contributed by atoms with van der Waals surface area (Å²) in [6, 6.07) is 19.2. The van der Waals surface area contributed by atoms with E-state index in [1.807, 2.05) is 53.3 Å². The van der Waals surface area contributed by atoms with Crippen LogP contribution < -0.4 is 0 Å². The van der Waals surface area contributed by atoms with Gasteiger partial charge in [-0.1, -0.05) is 142 Å². The smallest absolute Gasteiger partial charge is 0.147 e. The maximum Gasteiger partial charge on any atom is 0.147 e. The minimum absolute atomic E-state index is 0. The zero-order valence-corrected chi connectivity index (χ0v) is 37.9. The van der Waals surface area contributed by atoms with Crippen molar-refractivity contribution in [2.45, 2.75) is 188 Å². The Kier molecular flexibility index (Phi) is 29.1. The van der Waals surface area contributed by atoms with Gasteiger partial charge in [0.15, 0.2) is 0 Å². The molecule has 3 fully saturated rings. The molecule has 0 spiro atoms. The molecule has 2 aliphatic heterocycles. The normalized spacial score (nSPS) is 15.6. The zero-order valence-electron chi connectivity index (χ0n) is 37.9. The van der Waals surface area contributed by atoms with Crippen molar-refractivity contribution in [3.05, 3.63) is 89.7 Å². The predicted molar refractivity (Wildman–Crippen MR) is 266 cm³/mol. The van der Waals surface area contributed by atoms with Gasteiger partial charge in [0.25, 0.3) is 0 Å². The highest BCUT2D eigenvalue weighted by atomic mass is 16.5. The molecule has 7 heteroatoms. The summed E-state index contributed by atoms with van der Waals surface area (Å²) < 4.78 is 14.6. The fourth-order valence-electron chi connectivity index (χ4n) is 7.08. The molecule has 344 valence electrons. The fraction of sp³-hybridized carbons (Fsp3) is 0.660. The Morgan fingerprint density at radius 2 is 1.27 bits per heavy atom. The number of fused-ring (bicyclic) bond motifs is 2. The number of benzene rings is 1. The van der Waals surface area contributed by atoms with Crippen molar-refractivity contribution in [3.63, 3.8) is 0 Å². The third-order valence-electron chi connectivity index (χ3n) is 11.5. The van der Waals surface area contributed by atoms with Gasteiger partial charge in [-0.25, -0.2) is 4.52 Å². The predicted octanol–water partition coefficient (Wildman–Crippen LogP) is 15.8. The van der Waals surface area contributed by atoms with Gasteiger partial charge < -0.3 is 18.7 Å². The fourth-order valence-corrected chi connectivity index (χ4v) is 7.08. The van der Waals surface area contributed by atoms with E-state index in [0.29, 0.717) is 23.9 Å². The maximum atomic E-state index is 5.23. The number of likely N-dealkylation sites (tertiary alicyclic amines) is 1. The van der Waals surface area contributed by atoms with Gasteiger partial charge >= 0.3 is 0 Å². The van der Waals surface area contributed by atoms with Crippen molar-refractivity contribution in [2.75, 3.05) is 19.7 Å². The largest absolute Gasteiger partial charge is 0.378 e. The van der Waals surface area contributed by atoms with Crippen LogP contribution in [0, 0.1) is 24.7 Å². The highest BCUT2D eigenvalue weighted by Gasteiger charge is 2.21. The first-order valence-electron chi connectivity index (χ1n) is 21.9. The number of hydrogen-bond donors (Lipinski definition) is 0. The molecule has 0 radical (unpaired) electrons. The van der Waals surface area contributed by atoms with Gasteiger partial charge in [0, 0.05) is 54.1 Å². The van der Waals surface area contributed by atoms with Gasteiger partial charge in [0.2, 0.25) is 0 Å². The van der Waals surface area contributed by atoms with Gasteiger partial charge in [0.05, 0.1) is 17.8 Å². The molecule has 1 aliphatic carbocycles. The zero-order chi connectivity index (χ0) is 41.4. The van der Waals surface area contributed by atoms with Gasteiger partial charge in [-0.2, -0.15) is 5.10 Å². The van der Waals surface area contributed by atoms with Crippen LogP contribution in [-0.2, 0) is 11.8 Å². The summed E-state index contributed by atoms with van der Waals surface area (Å²) in [6.45, 7) is 32.4. The third-order valence-corrected chi connectivity index (χ3v) is 11.5. The first-order valence-corrected chi connectivity index (χ1v) is 21.9. The van der Waals surface area contributed by atoms with Crippen molar-refractivity contribution in [3.8, 4) is 0 Å². The Balaban J connectivity index is 0. The van der Waals surface area contributed by atoms with Crippen molar-refractivity contribution in [2.24, 2.45) is 24.8 Å². The summed E-state index contributed by atoms with van der Waals surface area (Å²) in [5, 5.41) is 9.35. The Morgan fingerprint density at radius 1 is 0.667 bits per heavy atom. The summed E-state index contributed by atoms with van der Waals surface area (Å²) in [7, 11) is 2.12. The second-order valence-electron chi connectivity index (χ2n) is 17.8. The number of nitrogens with zero attached hydrogens (tertiary/aromatic N) is 5. The molecule has 0 amide bonds. The van der Waals surface area contributed by atoms with Crippen LogP contribution in [0.4, 0.5) is 0 Å². The molecule has 1 atom stereocenters. The van der Waals surface area contributed by atoms with Crippen LogP contribution in [0.5, 0.6) is 0 Å². The van der Waals surface area contributed by atoms with E-state index in [4.69, 9.17) is 9.26 Å². The second kappa shape index (κ2) is 29.8. The van der Waals surface area contributed by atoms with E-state index in [-0.39, 0.29) is 29.7 Å². The molecule has 5 aromatic rings. The minimum atomic E-state index is 0. The lowest BCUT2D eigenvalue weighted by atomic mass is 9.78. The number of aryl methyl sites for hydroxylation is 1. The lowest BCUT2D eigenvalue weighted by molar-refractivity contribution is -0.0763. The second-order valence-corrected chi connectivity index (χ2v) is 17.8. The van der Waals surface area contributed by atoms with Crippen molar-refractivity contribution < 1.29 is 9.26 Å². The highest BCUT2D eigenvalue weighted by molar-refractivity contribution is 5.80. The summed E-state index contributed by atoms with van der Waals surface area (Å²) in [5.74, 6) is 5.33. The first kappa shape index (κ1) is 58.7. The molecule has 3 aliphatic rings.